The van der Waals surface area contributed by atoms with Gasteiger partial charge in [0, 0.05) is 26.2 Å². The Morgan fingerprint density at radius 3 is 2.94 bits per heavy atom. The number of hydrogen-bond donors (Lipinski definition) is 1. The van der Waals surface area contributed by atoms with E-state index in [0.717, 1.165) is 39.1 Å². The highest BCUT2D eigenvalue weighted by Crippen LogP contribution is 2.14. The molecule has 3 unspecified atom stereocenters. The van der Waals surface area contributed by atoms with Crippen molar-refractivity contribution in [2.24, 2.45) is 0 Å². The average molecular weight is 259 g/mol. The van der Waals surface area contributed by atoms with Gasteiger partial charge in [0.25, 0.3) is 0 Å². The third-order valence-corrected chi connectivity index (χ3v) is 3.45. The summed E-state index contributed by atoms with van der Waals surface area (Å²) in [6.45, 7) is 6.22. The minimum Gasteiger partial charge on any atom is -0.394 e. The maximum atomic E-state index is 9.15. The zero-order chi connectivity index (χ0) is 12.8. The minimum atomic E-state index is -0.0559. The summed E-state index contributed by atoms with van der Waals surface area (Å²) in [5, 5.41) is 9.15. The van der Waals surface area contributed by atoms with Crippen molar-refractivity contribution in [3.63, 3.8) is 0 Å². The molecule has 0 radical (unpaired) electrons. The van der Waals surface area contributed by atoms with Gasteiger partial charge in [0.15, 0.2) is 6.29 Å². The number of ether oxygens (including phenoxy) is 3. The molecule has 2 heterocycles. The van der Waals surface area contributed by atoms with Gasteiger partial charge in [0.2, 0.25) is 0 Å². The van der Waals surface area contributed by atoms with Gasteiger partial charge in [-0.15, -0.1) is 0 Å². The fourth-order valence-corrected chi connectivity index (χ4v) is 2.58. The molecule has 0 aromatic carbocycles. The first-order chi connectivity index (χ1) is 8.78. The summed E-state index contributed by atoms with van der Waals surface area (Å²) in [5.74, 6) is 0. The van der Waals surface area contributed by atoms with E-state index >= 15 is 0 Å². The molecule has 2 aliphatic rings. The van der Waals surface area contributed by atoms with Gasteiger partial charge in [-0.3, -0.25) is 4.90 Å². The minimum absolute atomic E-state index is 0.00847. The van der Waals surface area contributed by atoms with Crippen molar-refractivity contribution in [3.05, 3.63) is 0 Å². The van der Waals surface area contributed by atoms with Crippen LogP contribution in [0.25, 0.3) is 0 Å². The van der Waals surface area contributed by atoms with Gasteiger partial charge in [-0.25, -0.2) is 0 Å². The van der Waals surface area contributed by atoms with Crippen molar-refractivity contribution in [3.8, 4) is 0 Å². The van der Waals surface area contributed by atoms with E-state index in [1.807, 2.05) is 6.92 Å². The molecule has 3 atom stereocenters. The summed E-state index contributed by atoms with van der Waals surface area (Å²) in [4.78, 5) is 2.29. The van der Waals surface area contributed by atoms with Crippen LogP contribution in [0, 0.1) is 0 Å². The van der Waals surface area contributed by atoms with E-state index in [0.29, 0.717) is 6.61 Å². The van der Waals surface area contributed by atoms with Crippen molar-refractivity contribution >= 4 is 0 Å². The number of morpholine rings is 1. The van der Waals surface area contributed by atoms with Crippen LogP contribution in [-0.4, -0.2) is 68.0 Å². The van der Waals surface area contributed by atoms with Gasteiger partial charge in [-0.1, -0.05) is 0 Å². The van der Waals surface area contributed by atoms with Gasteiger partial charge >= 0.3 is 0 Å². The Morgan fingerprint density at radius 1 is 1.33 bits per heavy atom. The lowest BCUT2D eigenvalue weighted by Crippen LogP contribution is -2.49. The molecule has 2 rings (SSSR count). The molecule has 106 valence electrons. The van der Waals surface area contributed by atoms with Crippen molar-refractivity contribution < 1.29 is 19.3 Å². The normalized spacial score (nSPS) is 34.7. The van der Waals surface area contributed by atoms with E-state index in [1.54, 1.807) is 0 Å². The van der Waals surface area contributed by atoms with Crippen molar-refractivity contribution in [2.45, 2.75) is 44.7 Å². The van der Waals surface area contributed by atoms with E-state index in [1.165, 1.54) is 6.42 Å². The fourth-order valence-electron chi connectivity index (χ4n) is 2.58. The van der Waals surface area contributed by atoms with E-state index in [4.69, 9.17) is 19.3 Å². The molecule has 0 aliphatic carbocycles. The highest BCUT2D eigenvalue weighted by atomic mass is 16.7. The van der Waals surface area contributed by atoms with Crippen LogP contribution in [0.4, 0.5) is 0 Å². The van der Waals surface area contributed by atoms with Gasteiger partial charge < -0.3 is 19.3 Å². The van der Waals surface area contributed by atoms with Gasteiger partial charge in [0.05, 0.1) is 25.4 Å². The zero-order valence-corrected chi connectivity index (χ0v) is 11.2. The third kappa shape index (κ3) is 4.48. The number of aliphatic hydroxyl groups is 1. The average Bonchev–Trinajstić information content (AvgIpc) is 2.39. The molecular formula is C13H25NO4. The SMILES string of the molecule is CC1CN(CCOC2CCCCO2)CC(CO)O1. The molecule has 0 aromatic rings. The first kappa shape index (κ1) is 14.2. The van der Waals surface area contributed by atoms with E-state index < -0.39 is 0 Å². The number of nitrogens with zero attached hydrogens (tertiary/aromatic N) is 1. The van der Waals surface area contributed by atoms with Crippen LogP contribution in [0.2, 0.25) is 0 Å². The molecule has 0 bridgehead atoms. The molecule has 0 aromatic heterocycles. The summed E-state index contributed by atoms with van der Waals surface area (Å²) in [6, 6.07) is 0. The molecule has 2 aliphatic heterocycles. The maximum Gasteiger partial charge on any atom is 0.157 e. The lowest BCUT2D eigenvalue weighted by atomic mass is 10.2. The first-order valence-electron chi connectivity index (χ1n) is 7.00. The second-order valence-corrected chi connectivity index (χ2v) is 5.18. The van der Waals surface area contributed by atoms with Crippen LogP contribution in [0.15, 0.2) is 0 Å². The number of hydrogen-bond acceptors (Lipinski definition) is 5. The molecule has 0 spiro atoms. The van der Waals surface area contributed by atoms with Gasteiger partial charge in [-0.2, -0.15) is 0 Å². The van der Waals surface area contributed by atoms with Crippen LogP contribution in [0.3, 0.4) is 0 Å². The zero-order valence-electron chi connectivity index (χ0n) is 11.2. The molecule has 2 saturated heterocycles. The molecule has 2 fully saturated rings. The highest BCUT2D eigenvalue weighted by Gasteiger charge is 2.24. The summed E-state index contributed by atoms with van der Waals surface area (Å²) in [7, 11) is 0. The predicted octanol–water partition coefficient (Wildman–Crippen LogP) is 0.611. The van der Waals surface area contributed by atoms with Crippen LogP contribution < -0.4 is 0 Å². The Hall–Kier alpha value is -0.200. The van der Waals surface area contributed by atoms with E-state index in [9.17, 15) is 0 Å². The van der Waals surface area contributed by atoms with Crippen LogP contribution in [-0.2, 0) is 14.2 Å². The summed E-state index contributed by atoms with van der Waals surface area (Å²) in [5.41, 5.74) is 0. The maximum absolute atomic E-state index is 9.15. The Morgan fingerprint density at radius 2 is 2.22 bits per heavy atom. The topological polar surface area (TPSA) is 51.2 Å². The van der Waals surface area contributed by atoms with Crippen LogP contribution in [0.1, 0.15) is 26.2 Å². The van der Waals surface area contributed by atoms with Gasteiger partial charge in [0.1, 0.15) is 0 Å². The number of rotatable bonds is 5. The molecule has 1 N–H and O–H groups in total. The van der Waals surface area contributed by atoms with E-state index in [-0.39, 0.29) is 25.1 Å². The molecule has 0 saturated carbocycles. The summed E-state index contributed by atoms with van der Waals surface area (Å²) >= 11 is 0. The largest absolute Gasteiger partial charge is 0.394 e. The van der Waals surface area contributed by atoms with Crippen molar-refractivity contribution in [2.75, 3.05) is 39.5 Å². The molecule has 0 amide bonds. The van der Waals surface area contributed by atoms with Crippen molar-refractivity contribution in [1.29, 1.82) is 0 Å². The first-order valence-corrected chi connectivity index (χ1v) is 7.00. The van der Waals surface area contributed by atoms with Crippen LogP contribution in [0.5, 0.6) is 0 Å². The molecular weight excluding hydrogens is 234 g/mol. The van der Waals surface area contributed by atoms with Crippen LogP contribution >= 0.6 is 0 Å². The number of aliphatic hydroxyl groups excluding tert-OH is 1. The van der Waals surface area contributed by atoms with Gasteiger partial charge in [-0.05, 0) is 26.2 Å². The Labute approximate surface area is 109 Å². The monoisotopic (exact) mass is 259 g/mol. The molecule has 18 heavy (non-hydrogen) atoms. The summed E-state index contributed by atoms with van der Waals surface area (Å²) in [6.07, 6.45) is 3.48. The smallest absolute Gasteiger partial charge is 0.157 e. The lowest BCUT2D eigenvalue weighted by molar-refractivity contribution is -0.168. The fraction of sp³-hybridized carbons (Fsp3) is 1.00. The Balaban J connectivity index is 1.63. The quantitative estimate of drug-likeness (QED) is 0.784. The second kappa shape index (κ2) is 7.40. The highest BCUT2D eigenvalue weighted by molar-refractivity contribution is 4.75. The van der Waals surface area contributed by atoms with Crippen molar-refractivity contribution in [1.82, 2.24) is 4.90 Å². The predicted molar refractivity (Wildman–Crippen MR) is 67.4 cm³/mol. The molecule has 5 heteroatoms. The summed E-state index contributed by atoms with van der Waals surface area (Å²) < 4.78 is 16.9. The van der Waals surface area contributed by atoms with E-state index in [2.05, 4.69) is 4.90 Å². The second-order valence-electron chi connectivity index (χ2n) is 5.18. The third-order valence-electron chi connectivity index (χ3n) is 3.45. The Kier molecular flexibility index (Phi) is 5.85. The standard InChI is InChI=1S/C13H25NO4/c1-11-8-14(9-12(10-15)18-11)5-7-17-13-4-2-3-6-16-13/h11-13,15H,2-10H2,1H3. The lowest BCUT2D eigenvalue weighted by Gasteiger charge is -2.36. The Bertz CT molecular complexity index is 233. The molecule has 5 nitrogen and oxygen atoms in total.